The SMILES string of the molecule is Cc1ccccc1-n1cc(N)c(C(C)(C)C)n1. The summed E-state index contributed by atoms with van der Waals surface area (Å²) >= 11 is 0. The average Bonchev–Trinajstić information content (AvgIpc) is 2.60. The largest absolute Gasteiger partial charge is 0.396 e. The van der Waals surface area contributed by atoms with Crippen molar-refractivity contribution < 1.29 is 0 Å². The Labute approximate surface area is 102 Å². The predicted octanol–water partition coefficient (Wildman–Crippen LogP) is 3.06. The predicted molar refractivity (Wildman–Crippen MR) is 71.4 cm³/mol. The monoisotopic (exact) mass is 229 g/mol. The second kappa shape index (κ2) is 3.91. The van der Waals surface area contributed by atoms with E-state index in [0.29, 0.717) is 0 Å². The number of para-hydroxylation sites is 1. The molecule has 2 N–H and O–H groups in total. The Balaban J connectivity index is 2.53. The smallest absolute Gasteiger partial charge is 0.0911 e. The van der Waals surface area contributed by atoms with Gasteiger partial charge in [-0.2, -0.15) is 5.10 Å². The molecule has 0 saturated heterocycles. The maximum absolute atomic E-state index is 6.03. The highest BCUT2D eigenvalue weighted by Crippen LogP contribution is 2.27. The molecule has 1 heterocycles. The minimum Gasteiger partial charge on any atom is -0.396 e. The standard InChI is InChI=1S/C14H19N3/c1-10-7-5-6-8-12(10)17-9-11(15)13(16-17)14(2,3)4/h5-9H,15H2,1-4H3. The number of aromatic nitrogens is 2. The highest BCUT2D eigenvalue weighted by molar-refractivity contribution is 5.49. The molecule has 0 atom stereocenters. The summed E-state index contributed by atoms with van der Waals surface area (Å²) in [7, 11) is 0. The minimum atomic E-state index is -0.0297. The van der Waals surface area contributed by atoms with Gasteiger partial charge in [0.05, 0.1) is 23.3 Å². The number of hydrogen-bond donors (Lipinski definition) is 1. The second-order valence-corrected chi connectivity index (χ2v) is 5.41. The lowest BCUT2D eigenvalue weighted by atomic mass is 9.92. The van der Waals surface area contributed by atoms with E-state index in [1.54, 1.807) is 0 Å². The fraction of sp³-hybridized carbons (Fsp3) is 0.357. The summed E-state index contributed by atoms with van der Waals surface area (Å²) in [5.74, 6) is 0. The maximum Gasteiger partial charge on any atom is 0.0911 e. The molecule has 90 valence electrons. The van der Waals surface area contributed by atoms with Gasteiger partial charge in [0.25, 0.3) is 0 Å². The van der Waals surface area contributed by atoms with E-state index in [0.717, 1.165) is 17.1 Å². The number of anilines is 1. The Hall–Kier alpha value is -1.77. The fourth-order valence-electron chi connectivity index (χ4n) is 1.91. The van der Waals surface area contributed by atoms with E-state index >= 15 is 0 Å². The van der Waals surface area contributed by atoms with Gasteiger partial charge in [-0.25, -0.2) is 4.68 Å². The lowest BCUT2D eigenvalue weighted by Crippen LogP contribution is -2.14. The van der Waals surface area contributed by atoms with Crippen LogP contribution in [0.15, 0.2) is 30.5 Å². The summed E-state index contributed by atoms with van der Waals surface area (Å²) < 4.78 is 1.87. The van der Waals surface area contributed by atoms with Gasteiger partial charge in [-0.1, -0.05) is 39.0 Å². The van der Waals surface area contributed by atoms with Crippen LogP contribution < -0.4 is 5.73 Å². The van der Waals surface area contributed by atoms with Crippen molar-refractivity contribution in [3.8, 4) is 5.69 Å². The first kappa shape index (κ1) is 11.7. The van der Waals surface area contributed by atoms with Crippen molar-refractivity contribution in [1.82, 2.24) is 9.78 Å². The molecule has 0 aliphatic heterocycles. The quantitative estimate of drug-likeness (QED) is 0.816. The van der Waals surface area contributed by atoms with E-state index in [2.05, 4.69) is 38.9 Å². The summed E-state index contributed by atoms with van der Waals surface area (Å²) in [6, 6.07) is 8.16. The molecule has 0 saturated carbocycles. The van der Waals surface area contributed by atoms with Crippen LogP contribution in [0.1, 0.15) is 32.0 Å². The third kappa shape index (κ3) is 2.18. The molecular weight excluding hydrogens is 210 g/mol. The summed E-state index contributed by atoms with van der Waals surface area (Å²) in [6.07, 6.45) is 1.89. The van der Waals surface area contributed by atoms with Crippen LogP contribution in [-0.2, 0) is 5.41 Å². The van der Waals surface area contributed by atoms with Gasteiger partial charge >= 0.3 is 0 Å². The topological polar surface area (TPSA) is 43.8 Å². The van der Waals surface area contributed by atoms with E-state index in [1.807, 2.05) is 29.1 Å². The molecule has 1 aromatic carbocycles. The Morgan fingerprint density at radius 3 is 2.35 bits per heavy atom. The molecule has 2 rings (SSSR count). The third-order valence-corrected chi connectivity index (χ3v) is 2.82. The molecule has 3 heteroatoms. The molecule has 0 amide bonds. The summed E-state index contributed by atoms with van der Waals surface area (Å²) in [5.41, 5.74) is 9.97. The molecule has 0 bridgehead atoms. The highest BCUT2D eigenvalue weighted by atomic mass is 15.3. The van der Waals surface area contributed by atoms with Crippen LogP contribution in [-0.4, -0.2) is 9.78 Å². The van der Waals surface area contributed by atoms with Crippen LogP contribution in [0, 0.1) is 6.92 Å². The number of benzene rings is 1. The number of nitrogens with two attached hydrogens (primary N) is 1. The maximum atomic E-state index is 6.03. The third-order valence-electron chi connectivity index (χ3n) is 2.82. The van der Waals surface area contributed by atoms with Crippen LogP contribution in [0.5, 0.6) is 0 Å². The molecule has 1 aromatic heterocycles. The second-order valence-electron chi connectivity index (χ2n) is 5.41. The first-order valence-electron chi connectivity index (χ1n) is 5.81. The van der Waals surface area contributed by atoms with Gasteiger partial charge in [-0.3, -0.25) is 0 Å². The Kier molecular flexibility index (Phi) is 2.69. The fourth-order valence-corrected chi connectivity index (χ4v) is 1.91. The summed E-state index contributed by atoms with van der Waals surface area (Å²) in [5, 5.41) is 4.60. The molecule has 0 unspecified atom stereocenters. The van der Waals surface area contributed by atoms with Gasteiger partial charge in [0.1, 0.15) is 0 Å². The zero-order valence-electron chi connectivity index (χ0n) is 10.9. The van der Waals surface area contributed by atoms with E-state index < -0.39 is 0 Å². The van der Waals surface area contributed by atoms with Crippen molar-refractivity contribution in [3.63, 3.8) is 0 Å². The van der Waals surface area contributed by atoms with Crippen molar-refractivity contribution in [2.45, 2.75) is 33.1 Å². The molecule has 3 nitrogen and oxygen atoms in total. The van der Waals surface area contributed by atoms with Gasteiger partial charge in [-0.05, 0) is 18.6 Å². The van der Waals surface area contributed by atoms with E-state index in [4.69, 9.17) is 5.73 Å². The molecule has 0 aliphatic carbocycles. The Bertz CT molecular complexity index is 533. The molecule has 2 aromatic rings. The first-order valence-corrected chi connectivity index (χ1v) is 5.81. The highest BCUT2D eigenvalue weighted by Gasteiger charge is 2.21. The van der Waals surface area contributed by atoms with Gasteiger partial charge < -0.3 is 5.73 Å². The summed E-state index contributed by atoms with van der Waals surface area (Å²) in [6.45, 7) is 8.43. The van der Waals surface area contributed by atoms with E-state index in [-0.39, 0.29) is 5.41 Å². The number of nitrogen functional groups attached to an aromatic ring is 1. The van der Waals surface area contributed by atoms with Crippen LogP contribution in [0.25, 0.3) is 5.69 Å². The number of hydrogen-bond acceptors (Lipinski definition) is 2. The van der Waals surface area contributed by atoms with Crippen molar-refractivity contribution >= 4 is 5.69 Å². The van der Waals surface area contributed by atoms with Gasteiger partial charge in [-0.15, -0.1) is 0 Å². The molecule has 17 heavy (non-hydrogen) atoms. The van der Waals surface area contributed by atoms with Crippen LogP contribution in [0.4, 0.5) is 5.69 Å². The van der Waals surface area contributed by atoms with E-state index in [9.17, 15) is 0 Å². The van der Waals surface area contributed by atoms with E-state index in [1.165, 1.54) is 5.56 Å². The van der Waals surface area contributed by atoms with Gasteiger partial charge in [0.15, 0.2) is 0 Å². The summed E-state index contributed by atoms with van der Waals surface area (Å²) in [4.78, 5) is 0. The van der Waals surface area contributed by atoms with Crippen molar-refractivity contribution in [2.75, 3.05) is 5.73 Å². The van der Waals surface area contributed by atoms with Crippen LogP contribution in [0.2, 0.25) is 0 Å². The molecule has 0 aliphatic rings. The van der Waals surface area contributed by atoms with Gasteiger partial charge in [0, 0.05) is 5.41 Å². The molecule has 0 radical (unpaired) electrons. The van der Waals surface area contributed by atoms with Crippen molar-refractivity contribution in [1.29, 1.82) is 0 Å². The Morgan fingerprint density at radius 2 is 1.82 bits per heavy atom. The van der Waals surface area contributed by atoms with Crippen LogP contribution in [0.3, 0.4) is 0 Å². The zero-order valence-corrected chi connectivity index (χ0v) is 10.9. The first-order chi connectivity index (χ1) is 7.89. The average molecular weight is 229 g/mol. The molecule has 0 spiro atoms. The normalized spacial score (nSPS) is 11.8. The lowest BCUT2D eigenvalue weighted by Gasteiger charge is -2.15. The molecular formula is C14H19N3. The van der Waals surface area contributed by atoms with Crippen molar-refractivity contribution in [3.05, 3.63) is 41.7 Å². The number of nitrogens with zero attached hydrogens (tertiary/aromatic N) is 2. The molecule has 0 fully saturated rings. The van der Waals surface area contributed by atoms with Crippen molar-refractivity contribution in [2.24, 2.45) is 0 Å². The number of rotatable bonds is 1. The minimum absolute atomic E-state index is 0.0297. The number of aryl methyl sites for hydroxylation is 1. The lowest BCUT2D eigenvalue weighted by molar-refractivity contribution is 0.562. The van der Waals surface area contributed by atoms with Crippen LogP contribution >= 0.6 is 0 Å². The zero-order chi connectivity index (χ0) is 12.6. The van der Waals surface area contributed by atoms with Gasteiger partial charge in [0.2, 0.25) is 0 Å². The Morgan fingerprint density at radius 1 is 1.18 bits per heavy atom.